The largest absolute Gasteiger partial charge is 0.361 e. The second kappa shape index (κ2) is 7.62. The first-order valence-electron chi connectivity index (χ1n) is 8.62. The molecule has 0 aliphatic carbocycles. The minimum absolute atomic E-state index is 0.719. The van der Waals surface area contributed by atoms with Crippen LogP contribution in [0.25, 0.3) is 10.9 Å². The summed E-state index contributed by atoms with van der Waals surface area (Å²) in [5.74, 6) is 0. The van der Waals surface area contributed by atoms with Gasteiger partial charge in [-0.25, -0.2) is 0 Å². The maximum atomic E-state index is 6.06. The summed E-state index contributed by atoms with van der Waals surface area (Å²) in [5, 5.41) is 2.94. The van der Waals surface area contributed by atoms with E-state index in [1.54, 1.807) is 5.32 Å². The Morgan fingerprint density at radius 1 is 1.09 bits per heavy atom. The summed E-state index contributed by atoms with van der Waals surface area (Å²) in [7, 11) is -1.87. The Balaban J connectivity index is 2.20. The third-order valence-electron chi connectivity index (χ3n) is 4.46. The van der Waals surface area contributed by atoms with E-state index in [9.17, 15) is 0 Å². The van der Waals surface area contributed by atoms with Crippen LogP contribution in [0.3, 0.4) is 0 Å². The van der Waals surface area contributed by atoms with E-state index in [4.69, 9.17) is 4.74 Å². The Hall–Kier alpha value is -0.846. The van der Waals surface area contributed by atoms with Crippen LogP contribution in [0.2, 0.25) is 37.8 Å². The van der Waals surface area contributed by atoms with Crippen LogP contribution < -0.4 is 5.32 Å². The minimum Gasteiger partial charge on any atom is -0.361 e. The van der Waals surface area contributed by atoms with Crippen molar-refractivity contribution in [1.29, 1.82) is 0 Å². The van der Waals surface area contributed by atoms with Gasteiger partial charge in [0.1, 0.15) is 6.73 Å². The zero-order chi connectivity index (χ0) is 16.2. The van der Waals surface area contributed by atoms with E-state index in [0.29, 0.717) is 0 Å². The Morgan fingerprint density at radius 2 is 1.77 bits per heavy atom. The van der Waals surface area contributed by atoms with E-state index >= 15 is 0 Å². The highest BCUT2D eigenvalue weighted by Crippen LogP contribution is 2.17. The highest BCUT2D eigenvalue weighted by molar-refractivity contribution is 6.76. The van der Waals surface area contributed by atoms with Gasteiger partial charge >= 0.3 is 0 Å². The highest BCUT2D eigenvalue weighted by Gasteiger charge is 2.17. The average Bonchev–Trinajstić information content (AvgIpc) is 2.83. The number of ether oxygens (including phenoxy) is 1. The quantitative estimate of drug-likeness (QED) is 0.515. The smallest absolute Gasteiger partial charge is 0.122 e. The number of fused-ring (bicyclic) bond motifs is 1. The standard InChI is InChI=1S/C18H31NOSi2/c1-6-21(7-2)18-14-16-10-8-9-11-17(16)19(18)15-20-12-13-22(3,4)5/h8-11,14,21H,6-7,12-13,15H2,1-5H3. The molecule has 0 atom stereocenters. The van der Waals surface area contributed by atoms with Gasteiger partial charge in [0.05, 0.1) is 8.80 Å². The van der Waals surface area contributed by atoms with Gasteiger partial charge in [-0.2, -0.15) is 0 Å². The maximum Gasteiger partial charge on any atom is 0.122 e. The number of hydrogen-bond donors (Lipinski definition) is 0. The van der Waals surface area contributed by atoms with E-state index in [0.717, 1.165) is 13.3 Å². The van der Waals surface area contributed by atoms with Crippen LogP contribution in [-0.2, 0) is 11.5 Å². The van der Waals surface area contributed by atoms with E-state index in [1.165, 1.54) is 29.0 Å². The molecule has 1 heterocycles. The minimum atomic E-state index is -1.01. The van der Waals surface area contributed by atoms with Crippen LogP contribution in [0.5, 0.6) is 0 Å². The van der Waals surface area contributed by atoms with Gasteiger partial charge in [-0.1, -0.05) is 63.8 Å². The molecule has 1 aromatic heterocycles. The molecule has 1 aromatic carbocycles. The van der Waals surface area contributed by atoms with Crippen molar-refractivity contribution in [1.82, 2.24) is 4.57 Å². The maximum absolute atomic E-state index is 6.06. The van der Waals surface area contributed by atoms with Gasteiger partial charge in [-0.05, 0) is 23.6 Å². The van der Waals surface area contributed by atoms with Gasteiger partial charge in [-0.3, -0.25) is 0 Å². The van der Waals surface area contributed by atoms with Gasteiger partial charge in [0, 0.05) is 25.5 Å². The number of para-hydroxylation sites is 1. The predicted octanol–water partition coefficient (Wildman–Crippen LogP) is 4.43. The lowest BCUT2D eigenvalue weighted by Gasteiger charge is -2.19. The topological polar surface area (TPSA) is 14.2 Å². The van der Waals surface area contributed by atoms with Crippen molar-refractivity contribution in [3.63, 3.8) is 0 Å². The molecule has 22 heavy (non-hydrogen) atoms. The van der Waals surface area contributed by atoms with Crippen LogP contribution in [0.1, 0.15) is 13.8 Å². The molecule has 0 aliphatic rings. The lowest BCUT2D eigenvalue weighted by molar-refractivity contribution is 0.0920. The van der Waals surface area contributed by atoms with E-state index < -0.39 is 16.9 Å². The molecule has 122 valence electrons. The van der Waals surface area contributed by atoms with Gasteiger partial charge in [0.15, 0.2) is 0 Å². The van der Waals surface area contributed by atoms with Crippen LogP contribution in [0.15, 0.2) is 30.3 Å². The molecular formula is C18H31NOSi2. The number of nitrogens with zero attached hydrogens (tertiary/aromatic N) is 1. The number of aromatic nitrogens is 1. The van der Waals surface area contributed by atoms with Crippen molar-refractivity contribution in [2.24, 2.45) is 0 Å². The number of rotatable bonds is 8. The lowest BCUT2D eigenvalue weighted by atomic mass is 10.2. The van der Waals surface area contributed by atoms with Crippen LogP contribution >= 0.6 is 0 Å². The third-order valence-corrected chi connectivity index (χ3v) is 9.45. The third kappa shape index (κ3) is 4.34. The fraction of sp³-hybridized carbons (Fsp3) is 0.556. The SMILES string of the molecule is CC[SiH](CC)c1cc2ccccc2n1COCC[Si](C)(C)C. The zero-order valence-corrected chi connectivity index (χ0v) is 17.0. The first kappa shape index (κ1) is 17.5. The van der Waals surface area contributed by atoms with Crippen molar-refractivity contribution in [2.75, 3.05) is 6.61 Å². The van der Waals surface area contributed by atoms with E-state index in [2.05, 4.69) is 68.4 Å². The highest BCUT2D eigenvalue weighted by atomic mass is 28.3. The Labute approximate surface area is 138 Å². The second-order valence-electron chi connectivity index (χ2n) is 7.42. The average molecular weight is 334 g/mol. The molecule has 2 nitrogen and oxygen atoms in total. The first-order chi connectivity index (χ1) is 10.5. The zero-order valence-electron chi connectivity index (χ0n) is 14.9. The summed E-state index contributed by atoms with van der Waals surface area (Å²) in [5.41, 5.74) is 1.34. The van der Waals surface area contributed by atoms with Crippen molar-refractivity contribution in [3.05, 3.63) is 30.3 Å². The molecule has 2 aromatic rings. The molecule has 0 fully saturated rings. The Bertz CT molecular complexity index is 597. The monoisotopic (exact) mass is 333 g/mol. The van der Waals surface area contributed by atoms with E-state index in [-0.39, 0.29) is 0 Å². The lowest BCUT2D eigenvalue weighted by Crippen LogP contribution is -2.35. The molecule has 0 aliphatic heterocycles. The fourth-order valence-corrected chi connectivity index (χ4v) is 6.20. The molecule has 0 spiro atoms. The van der Waals surface area contributed by atoms with Gasteiger partial charge < -0.3 is 9.30 Å². The molecule has 0 saturated carbocycles. The van der Waals surface area contributed by atoms with Crippen molar-refractivity contribution in [3.8, 4) is 0 Å². The van der Waals surface area contributed by atoms with Crippen LogP contribution in [0.4, 0.5) is 0 Å². The Morgan fingerprint density at radius 3 is 2.41 bits per heavy atom. The van der Waals surface area contributed by atoms with Gasteiger partial charge in [0.25, 0.3) is 0 Å². The molecule has 2 rings (SSSR count). The van der Waals surface area contributed by atoms with Gasteiger partial charge in [-0.15, -0.1) is 0 Å². The fourth-order valence-electron chi connectivity index (χ4n) is 2.96. The number of hydrogen-bond acceptors (Lipinski definition) is 1. The summed E-state index contributed by atoms with van der Waals surface area (Å²) in [6.07, 6.45) is 0. The van der Waals surface area contributed by atoms with Crippen molar-refractivity contribution in [2.45, 2.75) is 58.4 Å². The molecule has 0 unspecified atom stereocenters. The molecule has 0 N–H and O–H groups in total. The van der Waals surface area contributed by atoms with Crippen LogP contribution in [-0.4, -0.2) is 28.0 Å². The number of benzene rings is 1. The summed E-state index contributed by atoms with van der Waals surface area (Å²) < 4.78 is 8.51. The Kier molecular flexibility index (Phi) is 6.06. The summed E-state index contributed by atoms with van der Waals surface area (Å²) in [4.78, 5) is 0. The van der Waals surface area contributed by atoms with Crippen LogP contribution in [0, 0.1) is 0 Å². The van der Waals surface area contributed by atoms with Crippen molar-refractivity contribution >= 4 is 33.1 Å². The second-order valence-corrected chi connectivity index (χ2v) is 16.7. The molecule has 0 amide bonds. The molecule has 0 bridgehead atoms. The normalized spacial score (nSPS) is 12.5. The first-order valence-corrected chi connectivity index (χ1v) is 14.5. The van der Waals surface area contributed by atoms with Gasteiger partial charge in [0.2, 0.25) is 0 Å². The molecule has 0 radical (unpaired) electrons. The van der Waals surface area contributed by atoms with E-state index in [1.807, 2.05) is 0 Å². The molecular weight excluding hydrogens is 302 g/mol. The summed E-state index contributed by atoms with van der Waals surface area (Å²) in [6, 6.07) is 15.0. The molecule has 4 heteroatoms. The molecule has 0 saturated heterocycles. The summed E-state index contributed by atoms with van der Waals surface area (Å²) in [6.45, 7) is 13.5. The summed E-state index contributed by atoms with van der Waals surface area (Å²) >= 11 is 0. The van der Waals surface area contributed by atoms with Crippen molar-refractivity contribution < 1.29 is 4.74 Å². The predicted molar refractivity (Wildman–Crippen MR) is 104 cm³/mol.